The smallest absolute Gasteiger partial charge is 0.221 e. The second kappa shape index (κ2) is 13.9. The third-order valence-corrected chi connectivity index (χ3v) is 5.90. The number of hydrogen-bond donors (Lipinski definition) is 3. The lowest BCUT2D eigenvalue weighted by molar-refractivity contribution is -0.121. The molecule has 1 saturated heterocycles. The lowest BCUT2D eigenvalue weighted by Gasteiger charge is -2.27. The Bertz CT molecular complexity index is 642. The van der Waals surface area contributed by atoms with Crippen molar-refractivity contribution in [1.29, 1.82) is 0 Å². The number of aliphatic imine (C=N–C) groups is 1. The summed E-state index contributed by atoms with van der Waals surface area (Å²) in [6.07, 6.45) is 7.74. The summed E-state index contributed by atoms with van der Waals surface area (Å²) in [6, 6.07) is 11.4. The number of hydrogen-bond acceptors (Lipinski definition) is 3. The highest BCUT2D eigenvalue weighted by Crippen LogP contribution is 2.25. The highest BCUT2D eigenvalue weighted by Gasteiger charge is 2.23. The molecule has 0 aromatic heterocycles. The zero-order chi connectivity index (χ0) is 20.3. The summed E-state index contributed by atoms with van der Waals surface area (Å²) in [5, 5.41) is 9.80. The largest absolute Gasteiger partial charge is 0.357 e. The van der Waals surface area contributed by atoms with Gasteiger partial charge in [-0.15, -0.1) is 24.0 Å². The molecule has 2 fully saturated rings. The van der Waals surface area contributed by atoms with Gasteiger partial charge in [-0.1, -0.05) is 43.2 Å². The monoisotopic (exact) mass is 527 g/mol. The maximum absolute atomic E-state index is 12.1. The number of carbonyl (C=O) groups excluding carboxylic acids is 1. The van der Waals surface area contributed by atoms with Gasteiger partial charge in [0, 0.05) is 25.6 Å². The van der Waals surface area contributed by atoms with E-state index in [1.807, 2.05) is 0 Å². The van der Waals surface area contributed by atoms with Gasteiger partial charge in [-0.2, -0.15) is 0 Å². The van der Waals surface area contributed by atoms with E-state index >= 15 is 0 Å². The van der Waals surface area contributed by atoms with E-state index in [0.717, 1.165) is 38.4 Å². The molecule has 1 heterocycles. The normalized spacial score (nSPS) is 18.6. The van der Waals surface area contributed by atoms with Crippen LogP contribution in [-0.2, 0) is 4.79 Å². The Kier molecular flexibility index (Phi) is 11.5. The summed E-state index contributed by atoms with van der Waals surface area (Å²) in [7, 11) is 0. The minimum absolute atomic E-state index is 0. The van der Waals surface area contributed by atoms with Crippen LogP contribution in [0.4, 0.5) is 0 Å². The van der Waals surface area contributed by atoms with Crippen LogP contribution in [0.2, 0.25) is 0 Å². The van der Waals surface area contributed by atoms with E-state index in [1.165, 1.54) is 31.2 Å². The highest BCUT2D eigenvalue weighted by atomic mass is 127. The van der Waals surface area contributed by atoms with E-state index in [-0.39, 0.29) is 29.9 Å². The number of nitrogens with zero attached hydrogens (tertiary/aromatic N) is 2. The number of guanidine groups is 1. The van der Waals surface area contributed by atoms with Crippen LogP contribution in [0.15, 0.2) is 35.3 Å². The fourth-order valence-electron chi connectivity index (χ4n) is 4.34. The molecule has 2 aliphatic rings. The molecule has 30 heavy (non-hydrogen) atoms. The third kappa shape index (κ3) is 8.06. The molecule has 0 bridgehead atoms. The molecule has 1 unspecified atom stereocenters. The van der Waals surface area contributed by atoms with E-state index in [4.69, 9.17) is 4.99 Å². The molecule has 0 radical (unpaired) electrons. The average Bonchev–Trinajstić information content (AvgIpc) is 3.43. The van der Waals surface area contributed by atoms with Crippen LogP contribution in [0.1, 0.15) is 63.5 Å². The molecule has 1 amide bonds. The van der Waals surface area contributed by atoms with Crippen molar-refractivity contribution in [2.45, 2.75) is 64.0 Å². The predicted octanol–water partition coefficient (Wildman–Crippen LogP) is 3.45. The first kappa shape index (κ1) is 24.9. The summed E-state index contributed by atoms with van der Waals surface area (Å²) in [4.78, 5) is 19.5. The Morgan fingerprint density at radius 1 is 1.10 bits per heavy atom. The molecular formula is C23H38IN5O. The molecular weight excluding hydrogens is 489 g/mol. The van der Waals surface area contributed by atoms with Crippen molar-refractivity contribution in [2.75, 3.05) is 32.7 Å². The Morgan fingerprint density at radius 3 is 2.47 bits per heavy atom. The molecule has 3 N–H and O–H groups in total. The summed E-state index contributed by atoms with van der Waals surface area (Å²) in [6.45, 7) is 6.47. The van der Waals surface area contributed by atoms with Crippen molar-refractivity contribution in [3.05, 3.63) is 35.9 Å². The highest BCUT2D eigenvalue weighted by molar-refractivity contribution is 14.0. The van der Waals surface area contributed by atoms with Crippen LogP contribution in [0.25, 0.3) is 0 Å². The van der Waals surface area contributed by atoms with E-state index < -0.39 is 0 Å². The molecule has 168 valence electrons. The Balaban J connectivity index is 0.00000320. The van der Waals surface area contributed by atoms with Gasteiger partial charge in [0.25, 0.3) is 0 Å². The molecule has 1 saturated carbocycles. The molecule has 1 atom stereocenters. The Labute approximate surface area is 198 Å². The van der Waals surface area contributed by atoms with Crippen LogP contribution in [0.3, 0.4) is 0 Å². The first-order valence-electron chi connectivity index (χ1n) is 11.4. The van der Waals surface area contributed by atoms with Gasteiger partial charge in [-0.25, -0.2) is 0 Å². The van der Waals surface area contributed by atoms with E-state index in [1.54, 1.807) is 0 Å². The molecule has 6 nitrogen and oxygen atoms in total. The second-order valence-corrected chi connectivity index (χ2v) is 8.11. The molecule has 3 rings (SSSR count). The molecule has 0 spiro atoms. The van der Waals surface area contributed by atoms with Gasteiger partial charge in [0.1, 0.15) is 0 Å². The first-order chi connectivity index (χ1) is 14.3. The quantitative estimate of drug-likeness (QED) is 0.262. The van der Waals surface area contributed by atoms with E-state index in [0.29, 0.717) is 31.6 Å². The zero-order valence-electron chi connectivity index (χ0n) is 18.2. The van der Waals surface area contributed by atoms with Crippen molar-refractivity contribution in [3.63, 3.8) is 0 Å². The maximum Gasteiger partial charge on any atom is 0.221 e. The van der Waals surface area contributed by atoms with Crippen molar-refractivity contribution in [2.24, 2.45) is 4.99 Å². The standard InChI is InChI=1S/C23H37N5O.HI/c1-2-24-23(25-15-14-22(29)27-20-12-6-7-13-20)26-18-21(28-16-8-9-17-28)19-10-4-3-5-11-19;/h3-5,10-11,20-21H,2,6-9,12-18H2,1H3,(H,27,29)(H2,24,25,26);1H. The fourth-order valence-corrected chi connectivity index (χ4v) is 4.34. The lowest BCUT2D eigenvalue weighted by atomic mass is 10.1. The maximum atomic E-state index is 12.1. The minimum atomic E-state index is 0. The van der Waals surface area contributed by atoms with Gasteiger partial charge in [0.15, 0.2) is 5.96 Å². The van der Waals surface area contributed by atoms with Crippen molar-refractivity contribution in [1.82, 2.24) is 20.9 Å². The van der Waals surface area contributed by atoms with Crippen molar-refractivity contribution < 1.29 is 4.79 Å². The van der Waals surface area contributed by atoms with Gasteiger partial charge in [-0.05, 0) is 51.3 Å². The summed E-state index contributed by atoms with van der Waals surface area (Å²) in [5.41, 5.74) is 1.32. The molecule has 1 aliphatic heterocycles. The SMILES string of the molecule is CCNC(=NCC(c1ccccc1)N1CCCC1)NCCC(=O)NC1CCCC1.I. The number of likely N-dealkylation sites (tertiary alicyclic amines) is 1. The van der Waals surface area contributed by atoms with Crippen molar-refractivity contribution >= 4 is 35.8 Å². The minimum Gasteiger partial charge on any atom is -0.357 e. The molecule has 1 aromatic rings. The fraction of sp³-hybridized carbons (Fsp3) is 0.652. The number of nitrogens with one attached hydrogen (secondary N) is 3. The first-order valence-corrected chi connectivity index (χ1v) is 11.4. The van der Waals surface area contributed by atoms with Crippen LogP contribution >= 0.6 is 24.0 Å². The summed E-state index contributed by atoms with van der Waals surface area (Å²) < 4.78 is 0. The van der Waals surface area contributed by atoms with Gasteiger partial charge >= 0.3 is 0 Å². The lowest BCUT2D eigenvalue weighted by Crippen LogP contribution is -2.41. The number of benzene rings is 1. The Hall–Kier alpha value is -1.35. The van der Waals surface area contributed by atoms with Crippen LogP contribution in [0.5, 0.6) is 0 Å². The second-order valence-electron chi connectivity index (χ2n) is 8.11. The predicted molar refractivity (Wildman–Crippen MR) is 134 cm³/mol. The Morgan fingerprint density at radius 2 is 1.80 bits per heavy atom. The average molecular weight is 527 g/mol. The molecule has 7 heteroatoms. The van der Waals surface area contributed by atoms with E-state index in [2.05, 4.69) is 58.1 Å². The topological polar surface area (TPSA) is 68.8 Å². The van der Waals surface area contributed by atoms with Crippen LogP contribution in [0, 0.1) is 0 Å². The summed E-state index contributed by atoms with van der Waals surface area (Å²) in [5.74, 6) is 0.931. The molecule has 1 aromatic carbocycles. The van der Waals surface area contributed by atoms with Gasteiger partial charge < -0.3 is 16.0 Å². The van der Waals surface area contributed by atoms with Gasteiger partial charge in [-0.3, -0.25) is 14.7 Å². The number of carbonyl (C=O) groups is 1. The number of rotatable bonds is 9. The number of halogens is 1. The summed E-state index contributed by atoms with van der Waals surface area (Å²) >= 11 is 0. The number of amides is 1. The van der Waals surface area contributed by atoms with Gasteiger partial charge in [0.05, 0.1) is 12.6 Å². The van der Waals surface area contributed by atoms with Crippen LogP contribution < -0.4 is 16.0 Å². The van der Waals surface area contributed by atoms with Crippen LogP contribution in [-0.4, -0.2) is 55.5 Å². The van der Waals surface area contributed by atoms with Crippen molar-refractivity contribution in [3.8, 4) is 0 Å². The van der Waals surface area contributed by atoms with E-state index in [9.17, 15) is 4.79 Å². The molecule has 1 aliphatic carbocycles. The van der Waals surface area contributed by atoms with Gasteiger partial charge in [0.2, 0.25) is 5.91 Å². The zero-order valence-corrected chi connectivity index (χ0v) is 20.6. The third-order valence-electron chi connectivity index (χ3n) is 5.90.